The summed E-state index contributed by atoms with van der Waals surface area (Å²) < 4.78 is 0. The van der Waals surface area contributed by atoms with Gasteiger partial charge in [0, 0.05) is 10.5 Å². The number of oxime groups is 1. The van der Waals surface area contributed by atoms with Gasteiger partial charge in [-0.25, -0.2) is 0 Å². The van der Waals surface area contributed by atoms with Crippen LogP contribution in [0.4, 0.5) is 0 Å². The lowest BCUT2D eigenvalue weighted by Gasteiger charge is -2.05. The minimum Gasteiger partial charge on any atom is -0.411 e. The van der Waals surface area contributed by atoms with Crippen molar-refractivity contribution in [2.75, 3.05) is 6.26 Å². The Morgan fingerprint density at radius 3 is 2.87 bits per heavy atom. The summed E-state index contributed by atoms with van der Waals surface area (Å²) in [7, 11) is 0. The second-order valence-electron chi connectivity index (χ2n) is 3.42. The molecule has 1 aromatic carbocycles. The zero-order valence-corrected chi connectivity index (χ0v) is 10.0. The third kappa shape index (κ3) is 3.59. The van der Waals surface area contributed by atoms with Crippen LogP contribution in [0.1, 0.15) is 30.9 Å². The van der Waals surface area contributed by atoms with E-state index in [0.717, 1.165) is 16.9 Å². The van der Waals surface area contributed by atoms with Crippen LogP contribution >= 0.6 is 11.8 Å². The van der Waals surface area contributed by atoms with E-state index in [-0.39, 0.29) is 0 Å². The molecule has 0 heterocycles. The lowest BCUT2D eigenvalue weighted by Crippen LogP contribution is -1.91. The minimum absolute atomic E-state index is 0.999. The van der Waals surface area contributed by atoms with E-state index in [9.17, 15) is 0 Å². The fraction of sp³-hybridized carbons (Fsp3) is 0.417. The second kappa shape index (κ2) is 6.51. The first-order valence-electron chi connectivity index (χ1n) is 5.16. The molecular formula is C12H17NOS. The SMILES string of the molecule is CCCCc1ccc(SC)c(C=NO)c1. The molecule has 0 aromatic heterocycles. The van der Waals surface area contributed by atoms with Crippen LogP contribution in [0.2, 0.25) is 0 Å². The Labute approximate surface area is 95.4 Å². The van der Waals surface area contributed by atoms with Gasteiger partial charge in [-0.05, 0) is 36.8 Å². The molecule has 0 aliphatic rings. The molecule has 0 unspecified atom stereocenters. The molecular weight excluding hydrogens is 206 g/mol. The topological polar surface area (TPSA) is 32.6 Å². The molecule has 0 fully saturated rings. The molecule has 3 heteroatoms. The molecule has 1 N–H and O–H groups in total. The Balaban J connectivity index is 2.89. The molecule has 0 saturated heterocycles. The van der Waals surface area contributed by atoms with Crippen molar-refractivity contribution in [3.05, 3.63) is 29.3 Å². The molecule has 0 amide bonds. The summed E-state index contributed by atoms with van der Waals surface area (Å²) in [5.74, 6) is 0. The van der Waals surface area contributed by atoms with E-state index >= 15 is 0 Å². The summed E-state index contributed by atoms with van der Waals surface area (Å²) in [5, 5.41) is 11.7. The Hall–Kier alpha value is -0.960. The highest BCUT2D eigenvalue weighted by atomic mass is 32.2. The van der Waals surface area contributed by atoms with E-state index in [0.29, 0.717) is 0 Å². The van der Waals surface area contributed by atoms with Gasteiger partial charge in [0.05, 0.1) is 6.21 Å². The van der Waals surface area contributed by atoms with Crippen molar-refractivity contribution in [2.24, 2.45) is 5.16 Å². The average molecular weight is 223 g/mol. The predicted octanol–water partition coefficient (Wildman–Crippen LogP) is 3.56. The first-order valence-corrected chi connectivity index (χ1v) is 6.38. The first kappa shape index (κ1) is 12.1. The Kier molecular flexibility index (Phi) is 5.26. The molecule has 15 heavy (non-hydrogen) atoms. The van der Waals surface area contributed by atoms with Crippen LogP contribution in [0.3, 0.4) is 0 Å². The number of aryl methyl sites for hydroxylation is 1. The summed E-state index contributed by atoms with van der Waals surface area (Å²) in [5.41, 5.74) is 2.31. The van der Waals surface area contributed by atoms with Crippen LogP contribution in [-0.2, 0) is 6.42 Å². The second-order valence-corrected chi connectivity index (χ2v) is 4.27. The fourth-order valence-corrected chi connectivity index (χ4v) is 2.03. The molecule has 0 spiro atoms. The minimum atomic E-state index is 0.999. The molecule has 0 atom stereocenters. The normalized spacial score (nSPS) is 11.1. The van der Waals surface area contributed by atoms with Crippen LogP contribution in [0, 0.1) is 0 Å². The van der Waals surface area contributed by atoms with Gasteiger partial charge in [-0.3, -0.25) is 0 Å². The highest BCUT2D eigenvalue weighted by Crippen LogP contribution is 2.21. The molecule has 1 rings (SSSR count). The predicted molar refractivity (Wildman–Crippen MR) is 66.2 cm³/mol. The maximum Gasteiger partial charge on any atom is 0.0745 e. The van der Waals surface area contributed by atoms with Crippen LogP contribution in [0.15, 0.2) is 28.3 Å². The van der Waals surface area contributed by atoms with Crippen LogP contribution < -0.4 is 0 Å². The van der Waals surface area contributed by atoms with Crippen LogP contribution in [0.5, 0.6) is 0 Å². The van der Waals surface area contributed by atoms with Crippen molar-refractivity contribution in [2.45, 2.75) is 31.1 Å². The summed E-state index contributed by atoms with van der Waals surface area (Å²) in [6.07, 6.45) is 7.02. The van der Waals surface area contributed by atoms with Gasteiger partial charge in [0.1, 0.15) is 0 Å². The summed E-state index contributed by atoms with van der Waals surface area (Å²) >= 11 is 1.67. The third-order valence-corrected chi connectivity index (χ3v) is 3.12. The molecule has 0 aliphatic carbocycles. The van der Waals surface area contributed by atoms with Gasteiger partial charge in [-0.15, -0.1) is 11.8 Å². The Morgan fingerprint density at radius 1 is 1.47 bits per heavy atom. The largest absolute Gasteiger partial charge is 0.411 e. The zero-order valence-electron chi connectivity index (χ0n) is 9.23. The number of hydrogen-bond donors (Lipinski definition) is 1. The van der Waals surface area contributed by atoms with Crippen molar-refractivity contribution in [1.29, 1.82) is 0 Å². The average Bonchev–Trinajstić information content (AvgIpc) is 2.27. The van der Waals surface area contributed by atoms with Gasteiger partial charge >= 0.3 is 0 Å². The molecule has 0 saturated carbocycles. The number of hydrogen-bond acceptors (Lipinski definition) is 3. The standard InChI is InChI=1S/C12H17NOS/c1-3-4-5-10-6-7-12(15-2)11(8-10)9-13-14/h6-9,14H,3-5H2,1-2H3. The quantitative estimate of drug-likeness (QED) is 0.358. The molecule has 1 aromatic rings. The van der Waals surface area contributed by atoms with Crippen molar-refractivity contribution >= 4 is 18.0 Å². The van der Waals surface area contributed by atoms with Crippen LogP contribution in [0.25, 0.3) is 0 Å². The maximum atomic E-state index is 8.57. The van der Waals surface area contributed by atoms with E-state index in [1.807, 2.05) is 6.26 Å². The lowest BCUT2D eigenvalue weighted by atomic mass is 10.1. The summed E-state index contributed by atoms with van der Waals surface area (Å²) in [4.78, 5) is 1.15. The molecule has 2 nitrogen and oxygen atoms in total. The summed E-state index contributed by atoms with van der Waals surface area (Å²) in [6.45, 7) is 2.19. The van der Waals surface area contributed by atoms with Gasteiger partial charge < -0.3 is 5.21 Å². The van der Waals surface area contributed by atoms with E-state index in [2.05, 4.69) is 30.3 Å². The maximum absolute atomic E-state index is 8.57. The highest BCUT2D eigenvalue weighted by Gasteiger charge is 2.01. The summed E-state index contributed by atoms with van der Waals surface area (Å²) in [6, 6.07) is 6.34. The number of benzene rings is 1. The van der Waals surface area contributed by atoms with Crippen molar-refractivity contribution in [1.82, 2.24) is 0 Å². The molecule has 0 bridgehead atoms. The van der Waals surface area contributed by atoms with Crippen molar-refractivity contribution in [3.8, 4) is 0 Å². The van der Waals surface area contributed by atoms with Gasteiger partial charge in [-0.1, -0.05) is 24.6 Å². The van der Waals surface area contributed by atoms with Gasteiger partial charge in [-0.2, -0.15) is 0 Å². The van der Waals surface area contributed by atoms with E-state index < -0.39 is 0 Å². The van der Waals surface area contributed by atoms with Gasteiger partial charge in [0.25, 0.3) is 0 Å². The molecule has 0 aliphatic heterocycles. The van der Waals surface area contributed by atoms with Crippen molar-refractivity contribution in [3.63, 3.8) is 0 Å². The first-order chi connectivity index (χ1) is 7.31. The number of thioether (sulfide) groups is 1. The number of unbranched alkanes of at least 4 members (excludes halogenated alkanes) is 1. The zero-order chi connectivity index (χ0) is 11.1. The Bertz CT molecular complexity index is 336. The van der Waals surface area contributed by atoms with Crippen molar-refractivity contribution < 1.29 is 5.21 Å². The Morgan fingerprint density at radius 2 is 2.27 bits per heavy atom. The van der Waals surface area contributed by atoms with E-state index in [4.69, 9.17) is 5.21 Å². The number of nitrogens with zero attached hydrogens (tertiary/aromatic N) is 1. The number of rotatable bonds is 5. The fourth-order valence-electron chi connectivity index (χ4n) is 1.48. The van der Waals surface area contributed by atoms with E-state index in [1.54, 1.807) is 11.8 Å². The van der Waals surface area contributed by atoms with E-state index in [1.165, 1.54) is 24.6 Å². The molecule has 0 radical (unpaired) electrons. The lowest BCUT2D eigenvalue weighted by molar-refractivity contribution is 0.322. The highest BCUT2D eigenvalue weighted by molar-refractivity contribution is 7.98. The monoisotopic (exact) mass is 223 g/mol. The smallest absolute Gasteiger partial charge is 0.0745 e. The van der Waals surface area contributed by atoms with Crippen LogP contribution in [-0.4, -0.2) is 17.7 Å². The molecule has 82 valence electrons. The van der Waals surface area contributed by atoms with Gasteiger partial charge in [0.15, 0.2) is 0 Å². The third-order valence-electron chi connectivity index (χ3n) is 2.31. The van der Waals surface area contributed by atoms with Gasteiger partial charge in [0.2, 0.25) is 0 Å².